The summed E-state index contributed by atoms with van der Waals surface area (Å²) in [5, 5.41) is 30.1. The van der Waals surface area contributed by atoms with Gasteiger partial charge in [-0.15, -0.1) is 0 Å². The van der Waals surface area contributed by atoms with Crippen molar-refractivity contribution in [3.63, 3.8) is 0 Å². The van der Waals surface area contributed by atoms with Gasteiger partial charge in [0, 0.05) is 16.4 Å². The molecule has 5 heteroatoms. The van der Waals surface area contributed by atoms with Crippen LogP contribution >= 0.6 is 11.6 Å². The van der Waals surface area contributed by atoms with Crippen LogP contribution in [-0.4, -0.2) is 0 Å². The lowest BCUT2D eigenvalue weighted by Gasteiger charge is -2.50. The number of allylic oxidation sites excluding steroid dienone is 3. The maximum atomic E-state index is 9.82. The molecule has 124 valence electrons. The lowest BCUT2D eigenvalue weighted by atomic mass is 9.51. The number of benzene rings is 1. The van der Waals surface area contributed by atoms with Crippen molar-refractivity contribution >= 4 is 11.6 Å². The summed E-state index contributed by atoms with van der Waals surface area (Å²) in [6, 6.07) is 13.7. The fraction of sp³-hybridized carbons (Fsp3) is 0.350. The van der Waals surface area contributed by atoms with Gasteiger partial charge in [-0.05, 0) is 42.5 Å². The van der Waals surface area contributed by atoms with Crippen molar-refractivity contribution < 1.29 is 0 Å². The van der Waals surface area contributed by atoms with E-state index < -0.39 is 10.8 Å². The molecular weight excluding hydrogens is 332 g/mol. The lowest BCUT2D eigenvalue weighted by molar-refractivity contribution is 0.251. The van der Waals surface area contributed by atoms with Crippen molar-refractivity contribution in [2.75, 3.05) is 0 Å². The SMILES string of the molecule is C[C@]12CCCC=C1C(C#N)(C#N)C(N)=C(C#N)[C@@H]2c1ccc(Cl)cc1. The van der Waals surface area contributed by atoms with Gasteiger partial charge in [0.05, 0.1) is 29.5 Å². The molecule has 0 saturated heterocycles. The van der Waals surface area contributed by atoms with Crippen LogP contribution in [0.5, 0.6) is 0 Å². The summed E-state index contributed by atoms with van der Waals surface area (Å²) in [7, 11) is 0. The van der Waals surface area contributed by atoms with Gasteiger partial charge < -0.3 is 5.73 Å². The van der Waals surface area contributed by atoms with Crippen LogP contribution in [0.2, 0.25) is 5.02 Å². The second-order valence-corrected chi connectivity index (χ2v) is 7.26. The number of nitrogens with zero attached hydrogens (tertiary/aromatic N) is 3. The molecule has 3 rings (SSSR count). The molecule has 0 spiro atoms. The highest BCUT2D eigenvalue weighted by Crippen LogP contribution is 2.61. The summed E-state index contributed by atoms with van der Waals surface area (Å²) in [6.45, 7) is 2.03. The van der Waals surface area contributed by atoms with Gasteiger partial charge in [0.25, 0.3) is 0 Å². The van der Waals surface area contributed by atoms with Crippen LogP contribution < -0.4 is 5.73 Å². The Morgan fingerprint density at radius 2 is 1.80 bits per heavy atom. The topological polar surface area (TPSA) is 97.4 Å². The van der Waals surface area contributed by atoms with Crippen molar-refractivity contribution in [2.24, 2.45) is 16.6 Å². The molecule has 4 nitrogen and oxygen atoms in total. The zero-order valence-corrected chi connectivity index (χ0v) is 14.6. The van der Waals surface area contributed by atoms with Gasteiger partial charge in [-0.25, -0.2) is 0 Å². The lowest BCUT2D eigenvalue weighted by Crippen LogP contribution is -2.46. The molecule has 0 unspecified atom stereocenters. The van der Waals surface area contributed by atoms with E-state index in [1.165, 1.54) is 0 Å². The summed E-state index contributed by atoms with van der Waals surface area (Å²) in [4.78, 5) is 0. The van der Waals surface area contributed by atoms with Crippen molar-refractivity contribution in [1.29, 1.82) is 15.8 Å². The highest BCUT2D eigenvalue weighted by atomic mass is 35.5. The first-order chi connectivity index (χ1) is 11.9. The number of rotatable bonds is 1. The molecule has 0 bridgehead atoms. The zero-order valence-electron chi connectivity index (χ0n) is 13.9. The summed E-state index contributed by atoms with van der Waals surface area (Å²) in [5.74, 6) is -0.295. The molecule has 0 fully saturated rings. The zero-order chi connectivity index (χ0) is 18.2. The van der Waals surface area contributed by atoms with E-state index >= 15 is 0 Å². The van der Waals surface area contributed by atoms with E-state index in [0.717, 1.165) is 30.4 Å². The van der Waals surface area contributed by atoms with Gasteiger partial charge in [-0.3, -0.25) is 0 Å². The largest absolute Gasteiger partial charge is 0.399 e. The second-order valence-electron chi connectivity index (χ2n) is 6.82. The molecule has 25 heavy (non-hydrogen) atoms. The molecule has 0 heterocycles. The predicted octanol–water partition coefficient (Wildman–Crippen LogP) is 4.32. The molecule has 1 aromatic carbocycles. The second kappa shape index (κ2) is 5.96. The third kappa shape index (κ3) is 2.25. The van der Waals surface area contributed by atoms with Crippen molar-refractivity contribution in [3.05, 3.63) is 57.8 Å². The molecule has 0 radical (unpaired) electrons. The van der Waals surface area contributed by atoms with E-state index in [2.05, 4.69) is 18.2 Å². The fourth-order valence-electron chi connectivity index (χ4n) is 4.37. The molecule has 2 N–H and O–H groups in total. The minimum atomic E-state index is -1.57. The molecule has 0 aromatic heterocycles. The maximum Gasteiger partial charge on any atom is 0.205 e. The van der Waals surface area contributed by atoms with Crippen LogP contribution in [0.25, 0.3) is 0 Å². The average Bonchev–Trinajstić information content (AvgIpc) is 2.62. The molecular formula is C20H17ClN4. The number of nitrogens with two attached hydrogens (primary N) is 1. The Kier molecular flexibility index (Phi) is 4.08. The minimum absolute atomic E-state index is 0.0607. The van der Waals surface area contributed by atoms with Crippen LogP contribution in [0.3, 0.4) is 0 Å². The van der Waals surface area contributed by atoms with E-state index in [1.54, 1.807) is 12.1 Å². The van der Waals surface area contributed by atoms with Gasteiger partial charge in [0.2, 0.25) is 5.41 Å². The molecule has 0 aliphatic heterocycles. The summed E-state index contributed by atoms with van der Waals surface area (Å²) >= 11 is 6.01. The van der Waals surface area contributed by atoms with E-state index in [-0.39, 0.29) is 11.6 Å². The standard InChI is InChI=1S/C20H17ClN4/c1-19-9-3-2-4-16(19)20(11-23,12-24)18(25)15(10-22)17(19)13-5-7-14(21)8-6-13/h4-8,17H,2-3,9,25H2,1H3/t17-,19-/m0/s1. The number of fused-ring (bicyclic) bond motifs is 1. The molecule has 1 aromatic rings. The van der Waals surface area contributed by atoms with E-state index in [1.807, 2.05) is 25.1 Å². The summed E-state index contributed by atoms with van der Waals surface area (Å²) in [6.07, 6.45) is 4.50. The summed E-state index contributed by atoms with van der Waals surface area (Å²) in [5.41, 5.74) is 6.21. The Hall–Kier alpha value is -2.74. The quantitative estimate of drug-likeness (QED) is 0.764. The maximum absolute atomic E-state index is 9.82. The van der Waals surface area contributed by atoms with Gasteiger partial charge >= 0.3 is 0 Å². The normalized spacial score (nSPS) is 27.3. The Morgan fingerprint density at radius 3 is 2.36 bits per heavy atom. The molecule has 2 aliphatic carbocycles. The van der Waals surface area contributed by atoms with Crippen molar-refractivity contribution in [3.8, 4) is 18.2 Å². The van der Waals surface area contributed by atoms with Gasteiger partial charge in [0.15, 0.2) is 0 Å². The van der Waals surface area contributed by atoms with E-state index in [9.17, 15) is 15.8 Å². The number of nitriles is 3. The molecule has 2 atom stereocenters. The first-order valence-corrected chi connectivity index (χ1v) is 8.51. The minimum Gasteiger partial charge on any atom is -0.399 e. The molecule has 0 amide bonds. The van der Waals surface area contributed by atoms with Crippen LogP contribution in [0.15, 0.2) is 47.2 Å². The smallest absolute Gasteiger partial charge is 0.205 e. The third-order valence-electron chi connectivity index (χ3n) is 5.55. The van der Waals surface area contributed by atoms with Crippen LogP contribution in [0.4, 0.5) is 0 Å². The predicted molar refractivity (Wildman–Crippen MR) is 94.7 cm³/mol. The van der Waals surface area contributed by atoms with Crippen LogP contribution in [0.1, 0.15) is 37.7 Å². The van der Waals surface area contributed by atoms with Gasteiger partial charge in [-0.2, -0.15) is 15.8 Å². The Morgan fingerprint density at radius 1 is 1.16 bits per heavy atom. The van der Waals surface area contributed by atoms with Gasteiger partial charge in [0.1, 0.15) is 0 Å². The van der Waals surface area contributed by atoms with Crippen LogP contribution in [-0.2, 0) is 0 Å². The highest BCUT2D eigenvalue weighted by Gasteiger charge is 2.57. The first kappa shape index (κ1) is 17.1. The van der Waals surface area contributed by atoms with Gasteiger partial charge in [-0.1, -0.05) is 36.7 Å². The Bertz CT molecular complexity index is 891. The van der Waals surface area contributed by atoms with Crippen molar-refractivity contribution in [2.45, 2.75) is 32.1 Å². The summed E-state index contributed by atoms with van der Waals surface area (Å²) < 4.78 is 0. The van der Waals surface area contributed by atoms with Crippen LogP contribution in [0, 0.1) is 44.8 Å². The highest BCUT2D eigenvalue weighted by molar-refractivity contribution is 6.30. The average molecular weight is 349 g/mol. The number of hydrogen-bond donors (Lipinski definition) is 1. The first-order valence-electron chi connectivity index (χ1n) is 8.14. The van der Waals surface area contributed by atoms with E-state index in [0.29, 0.717) is 10.6 Å². The van der Waals surface area contributed by atoms with E-state index in [4.69, 9.17) is 17.3 Å². The molecule has 2 aliphatic rings. The third-order valence-corrected chi connectivity index (χ3v) is 5.80. The molecule has 0 saturated carbocycles. The Balaban J connectivity index is 2.37. The number of hydrogen-bond acceptors (Lipinski definition) is 4. The fourth-order valence-corrected chi connectivity index (χ4v) is 4.49. The Labute approximate surface area is 152 Å². The van der Waals surface area contributed by atoms with Crippen molar-refractivity contribution in [1.82, 2.24) is 0 Å². The monoisotopic (exact) mass is 348 g/mol. The number of halogens is 1.